The molecule has 3 heterocycles. The van der Waals surface area contributed by atoms with E-state index in [-0.39, 0.29) is 22.3 Å². The van der Waals surface area contributed by atoms with Crippen molar-refractivity contribution < 1.29 is 4.79 Å². The number of piperidine rings is 1. The number of H-pyrrole nitrogens is 1. The predicted molar refractivity (Wildman–Crippen MR) is 107 cm³/mol. The lowest BCUT2D eigenvalue weighted by Gasteiger charge is -2.42. The molecule has 27 heavy (non-hydrogen) atoms. The Morgan fingerprint density at radius 3 is 2.74 bits per heavy atom. The van der Waals surface area contributed by atoms with Gasteiger partial charge in [-0.2, -0.15) is 0 Å². The summed E-state index contributed by atoms with van der Waals surface area (Å²) in [5.74, 6) is 0.775. The van der Waals surface area contributed by atoms with Crippen molar-refractivity contribution >= 4 is 5.91 Å². The first-order chi connectivity index (χ1) is 13.0. The maximum absolute atomic E-state index is 12.9. The van der Waals surface area contributed by atoms with Gasteiger partial charge in [-0.1, -0.05) is 19.3 Å². The molecule has 5 heteroatoms. The van der Waals surface area contributed by atoms with Crippen LogP contribution in [0.3, 0.4) is 0 Å². The first-order valence-corrected chi connectivity index (χ1v) is 10.8. The van der Waals surface area contributed by atoms with Crippen molar-refractivity contribution in [2.75, 3.05) is 32.7 Å². The Kier molecular flexibility index (Phi) is 5.40. The molecule has 0 unspecified atom stereocenters. The monoisotopic (exact) mass is 371 g/mol. The second kappa shape index (κ2) is 7.78. The molecule has 1 aromatic rings. The third kappa shape index (κ3) is 4.13. The third-order valence-electron chi connectivity index (χ3n) is 6.99. The Morgan fingerprint density at radius 2 is 1.96 bits per heavy atom. The van der Waals surface area contributed by atoms with Crippen molar-refractivity contribution in [2.24, 2.45) is 11.3 Å². The molecule has 1 N–H and O–H groups in total. The standard InChI is InChI=1S/C22H33N3O2/c1-17-12-20(26)19(13-23-17)21(27)25-11-9-22(16-25)8-5-10-24(15-22)14-18-6-3-2-4-7-18/h12-13,18H,2-11,14-16H2,1H3,(H,23,26)/t22-/m0/s1. The number of hydrogen-bond donors (Lipinski definition) is 1. The van der Waals surface area contributed by atoms with Crippen molar-refractivity contribution in [3.8, 4) is 0 Å². The summed E-state index contributed by atoms with van der Waals surface area (Å²) >= 11 is 0. The molecule has 1 atom stereocenters. The molecule has 1 amide bonds. The molecule has 1 aliphatic carbocycles. The van der Waals surface area contributed by atoms with Gasteiger partial charge >= 0.3 is 0 Å². The predicted octanol–water partition coefficient (Wildman–Crippen LogP) is 3.19. The summed E-state index contributed by atoms with van der Waals surface area (Å²) in [5.41, 5.74) is 1.15. The van der Waals surface area contributed by atoms with Crippen LogP contribution in [0.5, 0.6) is 0 Å². The lowest BCUT2D eigenvalue weighted by Crippen LogP contribution is -2.47. The van der Waals surface area contributed by atoms with Crippen molar-refractivity contribution in [1.82, 2.24) is 14.8 Å². The van der Waals surface area contributed by atoms with Crippen LogP contribution in [0.25, 0.3) is 0 Å². The van der Waals surface area contributed by atoms with Gasteiger partial charge in [0, 0.05) is 49.6 Å². The van der Waals surface area contributed by atoms with Gasteiger partial charge in [-0.15, -0.1) is 0 Å². The summed E-state index contributed by atoms with van der Waals surface area (Å²) in [6, 6.07) is 1.52. The first kappa shape index (κ1) is 18.7. The topological polar surface area (TPSA) is 56.4 Å². The molecule has 2 saturated heterocycles. The fraction of sp³-hybridized carbons (Fsp3) is 0.727. The molecule has 1 aromatic heterocycles. The Morgan fingerprint density at radius 1 is 1.15 bits per heavy atom. The molecule has 1 saturated carbocycles. The largest absolute Gasteiger partial charge is 0.364 e. The van der Waals surface area contributed by atoms with E-state index in [0.29, 0.717) is 0 Å². The van der Waals surface area contributed by atoms with Crippen molar-refractivity contribution in [1.29, 1.82) is 0 Å². The van der Waals surface area contributed by atoms with Gasteiger partial charge < -0.3 is 14.8 Å². The van der Waals surface area contributed by atoms with E-state index in [1.54, 1.807) is 6.20 Å². The van der Waals surface area contributed by atoms with E-state index in [0.717, 1.165) is 37.7 Å². The second-order valence-electron chi connectivity index (χ2n) is 9.21. The highest BCUT2D eigenvalue weighted by molar-refractivity contribution is 5.94. The van der Waals surface area contributed by atoms with Gasteiger partial charge in [0.1, 0.15) is 5.56 Å². The molecule has 4 rings (SSSR count). The number of aromatic nitrogens is 1. The molecule has 3 aliphatic rings. The molecule has 0 aromatic carbocycles. The summed E-state index contributed by atoms with van der Waals surface area (Å²) < 4.78 is 0. The highest BCUT2D eigenvalue weighted by Gasteiger charge is 2.43. The summed E-state index contributed by atoms with van der Waals surface area (Å²) in [6.07, 6.45) is 12.1. The molecule has 148 valence electrons. The lowest BCUT2D eigenvalue weighted by atomic mass is 9.78. The zero-order chi connectivity index (χ0) is 18.9. The molecule has 3 fully saturated rings. The average Bonchev–Trinajstić information content (AvgIpc) is 3.05. The highest BCUT2D eigenvalue weighted by atomic mass is 16.2. The third-order valence-corrected chi connectivity index (χ3v) is 6.99. The number of likely N-dealkylation sites (tertiary alicyclic amines) is 2. The van der Waals surface area contributed by atoms with Crippen molar-refractivity contribution in [3.05, 3.63) is 33.7 Å². The van der Waals surface area contributed by atoms with E-state index in [1.807, 2.05) is 11.8 Å². The quantitative estimate of drug-likeness (QED) is 0.888. The van der Waals surface area contributed by atoms with Crippen LogP contribution in [0.2, 0.25) is 0 Å². The van der Waals surface area contributed by atoms with Crippen LogP contribution in [-0.4, -0.2) is 53.4 Å². The lowest BCUT2D eigenvalue weighted by molar-refractivity contribution is 0.0629. The van der Waals surface area contributed by atoms with Gasteiger partial charge in [0.25, 0.3) is 5.91 Å². The summed E-state index contributed by atoms with van der Waals surface area (Å²) in [4.78, 5) is 32.7. The number of pyridine rings is 1. The first-order valence-electron chi connectivity index (χ1n) is 10.8. The minimum Gasteiger partial charge on any atom is -0.364 e. The highest BCUT2D eigenvalue weighted by Crippen LogP contribution is 2.40. The maximum atomic E-state index is 12.9. The van der Waals surface area contributed by atoms with Gasteiger partial charge in [0.15, 0.2) is 5.43 Å². The Balaban J connectivity index is 1.39. The Bertz CT molecular complexity index is 737. The van der Waals surface area contributed by atoms with Crippen LogP contribution in [0.15, 0.2) is 17.1 Å². The number of aromatic amines is 1. The molecule has 0 radical (unpaired) electrons. The zero-order valence-electron chi connectivity index (χ0n) is 16.6. The van der Waals surface area contributed by atoms with E-state index >= 15 is 0 Å². The van der Waals surface area contributed by atoms with E-state index in [4.69, 9.17) is 0 Å². The number of hydrogen-bond acceptors (Lipinski definition) is 3. The number of carbonyl (C=O) groups is 1. The van der Waals surface area contributed by atoms with Gasteiger partial charge in [-0.05, 0) is 51.5 Å². The Labute approximate surface area is 162 Å². The van der Waals surface area contributed by atoms with Crippen LogP contribution >= 0.6 is 0 Å². The van der Waals surface area contributed by atoms with E-state index in [9.17, 15) is 9.59 Å². The Hall–Kier alpha value is -1.62. The summed E-state index contributed by atoms with van der Waals surface area (Å²) in [7, 11) is 0. The zero-order valence-corrected chi connectivity index (χ0v) is 16.6. The van der Waals surface area contributed by atoms with Crippen LogP contribution in [0.4, 0.5) is 0 Å². The van der Waals surface area contributed by atoms with Gasteiger partial charge in [0.2, 0.25) is 0 Å². The fourth-order valence-electron chi connectivity index (χ4n) is 5.55. The molecular formula is C22H33N3O2. The van der Waals surface area contributed by atoms with Crippen molar-refractivity contribution in [2.45, 2.75) is 58.3 Å². The number of aryl methyl sites for hydroxylation is 1. The molecular weight excluding hydrogens is 338 g/mol. The number of nitrogens with one attached hydrogen (secondary N) is 1. The van der Waals surface area contributed by atoms with E-state index < -0.39 is 0 Å². The van der Waals surface area contributed by atoms with Gasteiger partial charge in [-0.3, -0.25) is 9.59 Å². The average molecular weight is 372 g/mol. The van der Waals surface area contributed by atoms with Crippen LogP contribution in [0.1, 0.15) is 67.4 Å². The molecule has 0 bridgehead atoms. The molecule has 5 nitrogen and oxygen atoms in total. The molecule has 1 spiro atoms. The van der Waals surface area contributed by atoms with E-state index in [2.05, 4.69) is 9.88 Å². The smallest absolute Gasteiger partial charge is 0.259 e. The normalized spacial score (nSPS) is 27.4. The minimum atomic E-state index is -0.167. The van der Waals surface area contributed by atoms with Gasteiger partial charge in [-0.25, -0.2) is 0 Å². The number of carbonyl (C=O) groups excluding carboxylic acids is 1. The van der Waals surface area contributed by atoms with Crippen LogP contribution in [0, 0.1) is 18.3 Å². The number of nitrogens with zero attached hydrogens (tertiary/aromatic N) is 2. The van der Waals surface area contributed by atoms with Crippen LogP contribution < -0.4 is 5.43 Å². The maximum Gasteiger partial charge on any atom is 0.259 e. The van der Waals surface area contributed by atoms with Crippen molar-refractivity contribution in [3.63, 3.8) is 0 Å². The van der Waals surface area contributed by atoms with E-state index in [1.165, 1.54) is 64.1 Å². The number of rotatable bonds is 3. The molecule has 2 aliphatic heterocycles. The van der Waals surface area contributed by atoms with Gasteiger partial charge in [0.05, 0.1) is 0 Å². The summed E-state index contributed by atoms with van der Waals surface area (Å²) in [5, 5.41) is 0. The second-order valence-corrected chi connectivity index (χ2v) is 9.21. The SMILES string of the molecule is Cc1cc(=O)c(C(=O)N2CC[C@]3(CCCN(CC4CCCCC4)C3)C2)c[nH]1. The van der Waals surface area contributed by atoms with Crippen LogP contribution in [-0.2, 0) is 0 Å². The minimum absolute atomic E-state index is 0.0995. The number of amides is 1. The summed E-state index contributed by atoms with van der Waals surface area (Å²) in [6.45, 7) is 7.00. The fourth-order valence-corrected chi connectivity index (χ4v) is 5.55.